The van der Waals surface area contributed by atoms with Gasteiger partial charge in [-0.3, -0.25) is 9.36 Å². The third-order valence-electron chi connectivity index (χ3n) is 6.05. The van der Waals surface area contributed by atoms with Gasteiger partial charge in [-0.2, -0.15) is 0 Å². The van der Waals surface area contributed by atoms with Crippen molar-refractivity contribution in [2.75, 3.05) is 38.2 Å². The van der Waals surface area contributed by atoms with Crippen LogP contribution in [0, 0.1) is 12.7 Å². The zero-order chi connectivity index (χ0) is 27.8. The molecule has 1 fully saturated rings. The average Bonchev–Trinajstić information content (AvgIpc) is 3.23. The van der Waals surface area contributed by atoms with Gasteiger partial charge in [0.05, 0.1) is 24.2 Å². The summed E-state index contributed by atoms with van der Waals surface area (Å²) in [4.78, 5) is 37.5. The zero-order valence-corrected chi connectivity index (χ0v) is 22.6. The maximum atomic E-state index is 14.6. The number of pyridine rings is 2. The molecule has 1 aliphatic heterocycles. The maximum Gasteiger partial charge on any atom is 0.410 e. The lowest BCUT2D eigenvalue weighted by Crippen LogP contribution is -2.50. The van der Waals surface area contributed by atoms with Gasteiger partial charge in [0.2, 0.25) is 5.91 Å². The molecule has 1 amide bonds. The second-order valence-corrected chi connectivity index (χ2v) is 10.2. The topological polar surface area (TPSA) is 93.7 Å². The Balaban J connectivity index is 1.64. The molecule has 0 bridgehead atoms. The lowest BCUT2D eigenvalue weighted by Gasteiger charge is -2.37. The van der Waals surface area contributed by atoms with Crippen LogP contribution in [0.1, 0.15) is 43.7 Å². The number of carbonyl (C=O) groups excluding carboxylic acids is 2. The van der Waals surface area contributed by atoms with Gasteiger partial charge in [-0.05, 0) is 33.8 Å². The van der Waals surface area contributed by atoms with Crippen LogP contribution in [0.3, 0.4) is 0 Å². The summed E-state index contributed by atoms with van der Waals surface area (Å²) in [7, 11) is 1.49. The van der Waals surface area contributed by atoms with E-state index in [1.165, 1.54) is 24.7 Å². The standard InChI is InChI=1S/C27H33FN6O4/c1-17-14-33-15-20(12-22(28)24(33)29-17)18(2)30-25-23(37-7)13-21(16-34(25)19(3)35)31-8-10-32(11-9-31)26(36)38-27(4,5)6/h12-16H,2,8-11H2,1,3-7H3. The van der Waals surface area contributed by atoms with Crippen molar-refractivity contribution in [2.45, 2.75) is 40.2 Å². The summed E-state index contributed by atoms with van der Waals surface area (Å²) in [6, 6.07) is 3.11. The van der Waals surface area contributed by atoms with Crippen molar-refractivity contribution in [1.29, 1.82) is 0 Å². The first-order valence-electron chi connectivity index (χ1n) is 12.3. The van der Waals surface area contributed by atoms with Crippen LogP contribution < -0.4 is 15.1 Å². The predicted octanol–water partition coefficient (Wildman–Crippen LogP) is 3.88. The molecule has 202 valence electrons. The van der Waals surface area contributed by atoms with Crippen molar-refractivity contribution in [3.8, 4) is 5.75 Å². The smallest absolute Gasteiger partial charge is 0.410 e. The molecule has 38 heavy (non-hydrogen) atoms. The molecule has 1 saturated heterocycles. The fraction of sp³-hybridized carbons (Fsp3) is 0.407. The van der Waals surface area contributed by atoms with E-state index in [9.17, 15) is 14.0 Å². The summed E-state index contributed by atoms with van der Waals surface area (Å²) in [5.41, 5.74) is 2.01. The van der Waals surface area contributed by atoms with Crippen LogP contribution in [0.4, 0.5) is 14.9 Å². The van der Waals surface area contributed by atoms with Crippen LogP contribution in [0.2, 0.25) is 0 Å². The van der Waals surface area contributed by atoms with E-state index in [0.29, 0.717) is 43.2 Å². The number of imidazole rings is 1. The van der Waals surface area contributed by atoms with Crippen LogP contribution in [0.5, 0.6) is 5.75 Å². The summed E-state index contributed by atoms with van der Waals surface area (Å²) in [5, 5.41) is 0. The van der Waals surface area contributed by atoms with Gasteiger partial charge in [-0.1, -0.05) is 6.58 Å². The minimum Gasteiger partial charge on any atom is -0.493 e. The highest BCUT2D eigenvalue weighted by molar-refractivity contribution is 5.78. The van der Waals surface area contributed by atoms with Crippen molar-refractivity contribution in [3.05, 3.63) is 59.9 Å². The van der Waals surface area contributed by atoms with E-state index in [-0.39, 0.29) is 28.8 Å². The van der Waals surface area contributed by atoms with Crippen molar-refractivity contribution >= 4 is 29.0 Å². The molecule has 3 aromatic heterocycles. The quantitative estimate of drug-likeness (QED) is 0.514. The third-order valence-corrected chi connectivity index (χ3v) is 6.05. The van der Waals surface area contributed by atoms with E-state index in [2.05, 4.69) is 21.5 Å². The molecule has 0 spiro atoms. The van der Waals surface area contributed by atoms with Gasteiger partial charge in [0.15, 0.2) is 22.7 Å². The minimum absolute atomic E-state index is 0.214. The molecule has 1 aliphatic rings. The predicted molar refractivity (Wildman–Crippen MR) is 142 cm³/mol. The monoisotopic (exact) mass is 524 g/mol. The normalized spacial score (nSPS) is 14.7. The lowest BCUT2D eigenvalue weighted by molar-refractivity contribution is 0.0240. The van der Waals surface area contributed by atoms with Gasteiger partial charge < -0.3 is 23.7 Å². The second-order valence-electron chi connectivity index (χ2n) is 10.2. The van der Waals surface area contributed by atoms with E-state index >= 15 is 0 Å². The molecular formula is C27H33FN6O4. The van der Waals surface area contributed by atoms with Crippen molar-refractivity contribution < 1.29 is 23.5 Å². The number of hydrogen-bond donors (Lipinski definition) is 0. The summed E-state index contributed by atoms with van der Waals surface area (Å²) in [5.74, 6) is -0.427. The lowest BCUT2D eigenvalue weighted by atomic mass is 10.2. The number of nitrogens with zero attached hydrogens (tertiary/aromatic N) is 6. The zero-order valence-electron chi connectivity index (χ0n) is 22.6. The Kier molecular flexibility index (Phi) is 7.30. The van der Waals surface area contributed by atoms with E-state index in [1.807, 2.05) is 20.8 Å². The van der Waals surface area contributed by atoms with E-state index in [0.717, 1.165) is 5.69 Å². The number of amides is 1. The number of fused-ring (bicyclic) bond motifs is 1. The van der Waals surface area contributed by atoms with E-state index < -0.39 is 11.4 Å². The summed E-state index contributed by atoms with van der Waals surface area (Å²) >= 11 is 0. The molecule has 0 aromatic carbocycles. The average molecular weight is 525 g/mol. The number of anilines is 1. The van der Waals surface area contributed by atoms with Crippen molar-refractivity contribution in [3.63, 3.8) is 0 Å². The maximum absolute atomic E-state index is 14.6. The van der Waals surface area contributed by atoms with Crippen molar-refractivity contribution in [1.82, 2.24) is 18.9 Å². The fourth-order valence-corrected chi connectivity index (χ4v) is 4.22. The molecule has 0 unspecified atom stereocenters. The van der Waals surface area contributed by atoms with Gasteiger partial charge >= 0.3 is 6.09 Å². The molecule has 0 aliphatic carbocycles. The highest BCUT2D eigenvalue weighted by atomic mass is 19.1. The number of ether oxygens (including phenoxy) is 2. The number of hydrogen-bond acceptors (Lipinski definition) is 7. The number of aromatic nitrogens is 3. The number of carbonyl (C=O) groups is 2. The molecule has 10 nitrogen and oxygen atoms in total. The van der Waals surface area contributed by atoms with Gasteiger partial charge in [-0.25, -0.2) is 19.2 Å². The molecule has 0 saturated carbocycles. The Morgan fingerprint density at radius 3 is 2.39 bits per heavy atom. The fourth-order valence-electron chi connectivity index (χ4n) is 4.22. The van der Waals surface area contributed by atoms with E-state index in [1.54, 1.807) is 40.9 Å². The number of halogens is 1. The van der Waals surface area contributed by atoms with Crippen LogP contribution in [-0.2, 0) is 4.74 Å². The molecule has 0 atom stereocenters. The third kappa shape index (κ3) is 5.71. The first-order valence-corrected chi connectivity index (χ1v) is 12.3. The van der Waals surface area contributed by atoms with E-state index in [4.69, 9.17) is 9.47 Å². The van der Waals surface area contributed by atoms with Gasteiger partial charge in [-0.15, -0.1) is 0 Å². The molecule has 11 heteroatoms. The van der Waals surface area contributed by atoms with Crippen LogP contribution in [0.25, 0.3) is 11.3 Å². The Bertz CT molecular complexity index is 1480. The van der Waals surface area contributed by atoms with Gasteiger partial charge in [0.1, 0.15) is 5.60 Å². The van der Waals surface area contributed by atoms with Gasteiger partial charge in [0.25, 0.3) is 0 Å². The van der Waals surface area contributed by atoms with Crippen LogP contribution >= 0.6 is 0 Å². The Morgan fingerprint density at radius 1 is 1.11 bits per heavy atom. The number of rotatable bonds is 4. The number of aryl methyl sites for hydroxylation is 1. The SMILES string of the molecule is C=C(N=c1c(OC)cc(N2CCN(C(=O)OC(C)(C)C)CC2)cn1C(C)=O)c1cc(F)c2nc(C)cn2c1. The second kappa shape index (κ2) is 10.3. The Hall–Kier alpha value is -4.15. The molecule has 0 N–H and O–H groups in total. The molecule has 3 aromatic rings. The summed E-state index contributed by atoms with van der Waals surface area (Å²) in [6.07, 6.45) is 4.74. The Morgan fingerprint density at radius 2 is 1.79 bits per heavy atom. The summed E-state index contributed by atoms with van der Waals surface area (Å²) in [6.45, 7) is 14.8. The Labute approximate surface area is 220 Å². The first-order chi connectivity index (χ1) is 17.9. The highest BCUT2D eigenvalue weighted by Crippen LogP contribution is 2.23. The number of piperazine rings is 1. The van der Waals surface area contributed by atoms with Crippen LogP contribution in [0.15, 0.2) is 42.3 Å². The molecule has 4 heterocycles. The van der Waals surface area contributed by atoms with Crippen molar-refractivity contribution in [2.24, 2.45) is 4.99 Å². The number of methoxy groups -OCH3 is 1. The van der Waals surface area contributed by atoms with Crippen LogP contribution in [-0.4, -0.2) is 69.7 Å². The molecule has 0 radical (unpaired) electrons. The van der Waals surface area contributed by atoms with Gasteiger partial charge in [0, 0.05) is 63.3 Å². The largest absolute Gasteiger partial charge is 0.493 e. The first kappa shape index (κ1) is 26.9. The minimum atomic E-state index is -0.562. The molecular weight excluding hydrogens is 491 g/mol. The molecule has 4 rings (SSSR count). The highest BCUT2D eigenvalue weighted by Gasteiger charge is 2.26. The summed E-state index contributed by atoms with van der Waals surface area (Å²) < 4.78 is 28.7.